The second-order valence-corrected chi connectivity index (χ2v) is 9.04. The Morgan fingerprint density at radius 3 is 2.57 bits per heavy atom. The summed E-state index contributed by atoms with van der Waals surface area (Å²) in [5.41, 5.74) is 0.638. The standard InChI is InChI=1S/C22H22N2O5S/c1-24(15-22(25)23-19-9-4-7-16-6-2-3-8-18(16)19)30(26,27)17-10-11-20-21(14-17)29-13-5-12-28-20/h2-4,6-11,14H,5,12-13,15H2,1H3,(H,23,25). The van der Waals surface area contributed by atoms with Gasteiger partial charge in [0.2, 0.25) is 15.9 Å². The number of anilines is 1. The first-order valence-electron chi connectivity index (χ1n) is 9.59. The molecule has 0 fully saturated rings. The maximum atomic E-state index is 13.0. The molecule has 1 N–H and O–H groups in total. The number of amides is 1. The molecule has 30 heavy (non-hydrogen) atoms. The minimum Gasteiger partial charge on any atom is -0.490 e. The topological polar surface area (TPSA) is 84.9 Å². The van der Waals surface area contributed by atoms with E-state index < -0.39 is 15.9 Å². The molecule has 0 radical (unpaired) electrons. The molecule has 8 heteroatoms. The molecular weight excluding hydrogens is 404 g/mol. The Balaban J connectivity index is 1.50. The van der Waals surface area contributed by atoms with Gasteiger partial charge < -0.3 is 14.8 Å². The number of nitrogens with zero attached hydrogens (tertiary/aromatic N) is 1. The highest BCUT2D eigenvalue weighted by atomic mass is 32.2. The number of hydrogen-bond donors (Lipinski definition) is 1. The molecule has 1 heterocycles. The number of sulfonamides is 1. The van der Waals surface area contributed by atoms with E-state index >= 15 is 0 Å². The molecule has 7 nitrogen and oxygen atoms in total. The second kappa shape index (κ2) is 8.33. The van der Waals surface area contributed by atoms with Gasteiger partial charge in [-0.15, -0.1) is 0 Å². The van der Waals surface area contributed by atoms with Gasteiger partial charge in [0.15, 0.2) is 11.5 Å². The normalized spacial score (nSPS) is 13.8. The van der Waals surface area contributed by atoms with Crippen molar-refractivity contribution in [2.45, 2.75) is 11.3 Å². The van der Waals surface area contributed by atoms with E-state index in [1.165, 1.54) is 19.2 Å². The highest BCUT2D eigenvalue weighted by Gasteiger charge is 2.25. The first kappa shape index (κ1) is 20.2. The average Bonchev–Trinajstić information content (AvgIpc) is 2.98. The summed E-state index contributed by atoms with van der Waals surface area (Å²) in [7, 11) is -2.50. The van der Waals surface area contributed by atoms with Gasteiger partial charge in [-0.1, -0.05) is 36.4 Å². The summed E-state index contributed by atoms with van der Waals surface area (Å²) in [6.07, 6.45) is 0.727. The molecule has 0 atom stereocenters. The monoisotopic (exact) mass is 426 g/mol. The lowest BCUT2D eigenvalue weighted by molar-refractivity contribution is -0.116. The quantitative estimate of drug-likeness (QED) is 0.677. The average molecular weight is 426 g/mol. The lowest BCUT2D eigenvalue weighted by Crippen LogP contribution is -2.35. The Morgan fingerprint density at radius 1 is 1.00 bits per heavy atom. The van der Waals surface area contributed by atoms with Crippen molar-refractivity contribution in [3.8, 4) is 11.5 Å². The summed E-state index contributed by atoms with van der Waals surface area (Å²) in [6, 6.07) is 17.7. The molecule has 0 saturated heterocycles. The van der Waals surface area contributed by atoms with Crippen LogP contribution >= 0.6 is 0 Å². The Bertz CT molecular complexity index is 1190. The Morgan fingerprint density at radius 2 is 1.73 bits per heavy atom. The minimum absolute atomic E-state index is 0.0483. The van der Waals surface area contributed by atoms with Gasteiger partial charge in [-0.2, -0.15) is 4.31 Å². The van der Waals surface area contributed by atoms with Crippen LogP contribution in [-0.2, 0) is 14.8 Å². The first-order valence-corrected chi connectivity index (χ1v) is 11.0. The third kappa shape index (κ3) is 4.10. The van der Waals surface area contributed by atoms with Crippen molar-refractivity contribution in [2.24, 2.45) is 0 Å². The number of nitrogens with one attached hydrogen (secondary N) is 1. The molecule has 156 valence electrons. The Kier molecular flexibility index (Phi) is 5.61. The van der Waals surface area contributed by atoms with Crippen LogP contribution in [0.15, 0.2) is 65.6 Å². The molecule has 0 aliphatic carbocycles. The van der Waals surface area contributed by atoms with Gasteiger partial charge in [0.1, 0.15) is 0 Å². The summed E-state index contributed by atoms with van der Waals surface area (Å²) in [4.78, 5) is 12.6. The van der Waals surface area contributed by atoms with E-state index in [1.54, 1.807) is 12.1 Å². The minimum atomic E-state index is -3.88. The number of rotatable bonds is 5. The van der Waals surface area contributed by atoms with Gasteiger partial charge in [-0.25, -0.2) is 8.42 Å². The number of hydrogen-bond acceptors (Lipinski definition) is 5. The van der Waals surface area contributed by atoms with Crippen LogP contribution in [0.25, 0.3) is 10.8 Å². The van der Waals surface area contributed by atoms with Crippen molar-refractivity contribution < 1.29 is 22.7 Å². The van der Waals surface area contributed by atoms with Crippen LogP contribution in [0.5, 0.6) is 11.5 Å². The highest BCUT2D eigenvalue weighted by Crippen LogP contribution is 2.32. The molecule has 0 unspecified atom stereocenters. The number of carbonyl (C=O) groups excluding carboxylic acids is 1. The van der Waals surface area contributed by atoms with Crippen LogP contribution in [0, 0.1) is 0 Å². The van der Waals surface area contributed by atoms with Gasteiger partial charge in [0.25, 0.3) is 0 Å². The molecule has 0 saturated carbocycles. The fourth-order valence-electron chi connectivity index (χ4n) is 3.30. The van der Waals surface area contributed by atoms with E-state index in [-0.39, 0.29) is 11.4 Å². The van der Waals surface area contributed by atoms with E-state index in [2.05, 4.69) is 5.32 Å². The number of carbonyl (C=O) groups is 1. The predicted octanol–water partition coefficient (Wildman–Crippen LogP) is 3.26. The van der Waals surface area contributed by atoms with Crippen molar-refractivity contribution in [3.63, 3.8) is 0 Å². The Labute approximate surface area is 175 Å². The van der Waals surface area contributed by atoms with Crippen LogP contribution in [0.4, 0.5) is 5.69 Å². The van der Waals surface area contributed by atoms with Gasteiger partial charge in [-0.05, 0) is 23.6 Å². The second-order valence-electron chi connectivity index (χ2n) is 6.99. The zero-order valence-corrected chi connectivity index (χ0v) is 17.3. The van der Waals surface area contributed by atoms with Crippen molar-refractivity contribution in [2.75, 3.05) is 32.1 Å². The van der Waals surface area contributed by atoms with E-state index in [0.717, 1.165) is 21.5 Å². The number of fused-ring (bicyclic) bond motifs is 2. The summed E-state index contributed by atoms with van der Waals surface area (Å²) in [5.74, 6) is 0.483. The van der Waals surface area contributed by atoms with Crippen LogP contribution in [-0.4, -0.2) is 45.4 Å². The predicted molar refractivity (Wildman–Crippen MR) is 114 cm³/mol. The Hall–Kier alpha value is -3.10. The highest BCUT2D eigenvalue weighted by molar-refractivity contribution is 7.89. The van der Waals surface area contributed by atoms with E-state index in [1.807, 2.05) is 36.4 Å². The molecule has 0 aromatic heterocycles. The summed E-state index contributed by atoms with van der Waals surface area (Å²) < 4.78 is 38.1. The first-order chi connectivity index (χ1) is 14.4. The van der Waals surface area contributed by atoms with Crippen LogP contribution < -0.4 is 14.8 Å². The molecule has 1 amide bonds. The zero-order valence-electron chi connectivity index (χ0n) is 16.5. The molecule has 3 aromatic carbocycles. The fourth-order valence-corrected chi connectivity index (χ4v) is 4.44. The number of ether oxygens (including phenoxy) is 2. The maximum Gasteiger partial charge on any atom is 0.243 e. The smallest absolute Gasteiger partial charge is 0.243 e. The number of benzene rings is 3. The van der Waals surface area contributed by atoms with Gasteiger partial charge in [0, 0.05) is 30.6 Å². The fraction of sp³-hybridized carbons (Fsp3) is 0.227. The molecule has 1 aliphatic heterocycles. The van der Waals surface area contributed by atoms with E-state index in [4.69, 9.17) is 9.47 Å². The zero-order chi connectivity index (χ0) is 21.1. The summed E-state index contributed by atoms with van der Waals surface area (Å²) in [6.45, 7) is 0.660. The van der Waals surface area contributed by atoms with Gasteiger partial charge in [-0.3, -0.25) is 4.79 Å². The third-order valence-electron chi connectivity index (χ3n) is 4.86. The molecule has 0 spiro atoms. The van der Waals surface area contributed by atoms with Gasteiger partial charge in [0.05, 0.1) is 24.7 Å². The third-order valence-corrected chi connectivity index (χ3v) is 6.66. The molecule has 1 aliphatic rings. The van der Waals surface area contributed by atoms with Crippen molar-refractivity contribution >= 4 is 32.4 Å². The largest absolute Gasteiger partial charge is 0.490 e. The summed E-state index contributed by atoms with van der Waals surface area (Å²) >= 11 is 0. The lowest BCUT2D eigenvalue weighted by atomic mass is 10.1. The maximum absolute atomic E-state index is 13.0. The van der Waals surface area contributed by atoms with Gasteiger partial charge >= 0.3 is 0 Å². The SMILES string of the molecule is CN(CC(=O)Nc1cccc2ccccc12)S(=O)(=O)c1ccc2c(c1)OCCCO2. The van der Waals surface area contributed by atoms with E-state index in [0.29, 0.717) is 30.4 Å². The van der Waals surface area contributed by atoms with Crippen LogP contribution in [0.2, 0.25) is 0 Å². The number of likely N-dealkylation sites (N-methyl/N-ethyl adjacent to an activating group) is 1. The molecule has 4 rings (SSSR count). The molecular formula is C22H22N2O5S. The lowest BCUT2D eigenvalue weighted by Gasteiger charge is -2.18. The van der Waals surface area contributed by atoms with Crippen LogP contribution in [0.3, 0.4) is 0 Å². The van der Waals surface area contributed by atoms with Crippen molar-refractivity contribution in [1.29, 1.82) is 0 Å². The van der Waals surface area contributed by atoms with Crippen molar-refractivity contribution in [1.82, 2.24) is 4.31 Å². The summed E-state index contributed by atoms with van der Waals surface area (Å²) in [5, 5.41) is 4.69. The molecule has 0 bridgehead atoms. The van der Waals surface area contributed by atoms with Crippen molar-refractivity contribution in [3.05, 3.63) is 60.7 Å². The molecule has 3 aromatic rings. The van der Waals surface area contributed by atoms with E-state index in [9.17, 15) is 13.2 Å². The van der Waals surface area contributed by atoms with Crippen LogP contribution in [0.1, 0.15) is 6.42 Å².